The fraction of sp³-hybridized carbons (Fsp3) is 0.500. The fourth-order valence-electron chi connectivity index (χ4n) is 5.08. The summed E-state index contributed by atoms with van der Waals surface area (Å²) in [7, 11) is 0. The predicted molar refractivity (Wildman–Crippen MR) is 141 cm³/mol. The van der Waals surface area contributed by atoms with Crippen LogP contribution in [0.4, 0.5) is 5.13 Å². The van der Waals surface area contributed by atoms with Crippen molar-refractivity contribution in [2.45, 2.75) is 24.3 Å². The minimum Gasteiger partial charge on any atom is -0.477 e. The number of aliphatic carboxylic acids is 1. The number of amides is 3. The number of hydrogen-bond acceptors (Lipinski definition) is 13. The molecule has 3 saturated heterocycles. The van der Waals surface area contributed by atoms with Crippen LogP contribution in [0.3, 0.4) is 0 Å². The summed E-state index contributed by atoms with van der Waals surface area (Å²) < 4.78 is 3.84. The Labute approximate surface area is 230 Å². The van der Waals surface area contributed by atoms with Gasteiger partial charge in [0, 0.05) is 62.1 Å². The summed E-state index contributed by atoms with van der Waals surface area (Å²) in [4.78, 5) is 58.3. The molecule has 1 aromatic rings. The third-order valence-corrected chi connectivity index (χ3v) is 8.80. The first-order valence-electron chi connectivity index (χ1n) is 12.3. The Hall–Kier alpha value is -3.54. The lowest BCUT2D eigenvalue weighted by Crippen LogP contribution is -2.71. The minimum atomic E-state index is -1.29. The van der Waals surface area contributed by atoms with Crippen molar-refractivity contribution in [2.24, 2.45) is 5.16 Å². The molecular formula is C22H27N9O6S2. The fourth-order valence-corrected chi connectivity index (χ4v) is 6.90. The number of β-lactam (4-membered cyclic amide) rings is 1. The van der Waals surface area contributed by atoms with Crippen molar-refractivity contribution in [3.63, 3.8) is 0 Å². The lowest BCUT2D eigenvalue weighted by atomic mass is 9.92. The third-order valence-electron chi connectivity index (χ3n) is 6.98. The van der Waals surface area contributed by atoms with Crippen LogP contribution in [-0.4, -0.2) is 115 Å². The highest BCUT2D eigenvalue weighted by Gasteiger charge is 2.55. The van der Waals surface area contributed by atoms with E-state index >= 15 is 0 Å². The number of nitrogens with two attached hydrogens (primary N) is 1. The normalized spacial score (nSPS) is 25.2. The highest BCUT2D eigenvalue weighted by atomic mass is 32.2. The molecule has 3 fully saturated rings. The number of aromatic nitrogens is 2. The van der Waals surface area contributed by atoms with Crippen molar-refractivity contribution in [1.82, 2.24) is 35.1 Å². The van der Waals surface area contributed by atoms with Gasteiger partial charge in [-0.1, -0.05) is 5.16 Å². The lowest BCUT2D eigenvalue weighted by molar-refractivity contribution is -0.150. The van der Waals surface area contributed by atoms with Gasteiger partial charge in [0.15, 0.2) is 5.13 Å². The van der Waals surface area contributed by atoms with Crippen molar-refractivity contribution in [3.05, 3.63) is 28.2 Å². The number of carbonyl (C=O) groups is 4. The smallest absolute Gasteiger partial charge is 0.352 e. The maximum atomic E-state index is 13.2. The Morgan fingerprint density at radius 1 is 1.23 bits per heavy atom. The topological polar surface area (TPSA) is 215 Å². The zero-order valence-electron chi connectivity index (χ0n) is 20.7. The summed E-state index contributed by atoms with van der Waals surface area (Å²) >= 11 is 2.10. The molecule has 39 heavy (non-hydrogen) atoms. The summed E-state index contributed by atoms with van der Waals surface area (Å²) in [5.74, 6) is -2.99. The number of rotatable bonds is 8. The van der Waals surface area contributed by atoms with E-state index in [9.17, 15) is 29.5 Å². The van der Waals surface area contributed by atoms with Gasteiger partial charge in [-0.05, 0) is 24.0 Å². The molecule has 15 nitrogen and oxygen atoms in total. The number of hydrogen-bond donors (Lipinski definition) is 6. The highest BCUT2D eigenvalue weighted by molar-refractivity contribution is 8.00. The molecule has 208 valence electrons. The van der Waals surface area contributed by atoms with Crippen LogP contribution in [-0.2, 0) is 19.2 Å². The van der Waals surface area contributed by atoms with Gasteiger partial charge >= 0.3 is 5.97 Å². The van der Waals surface area contributed by atoms with Crippen LogP contribution in [0.15, 0.2) is 27.6 Å². The molecule has 1 aromatic heterocycles. The molecule has 5 rings (SSSR count). The van der Waals surface area contributed by atoms with Crippen LogP contribution >= 0.6 is 23.3 Å². The van der Waals surface area contributed by atoms with Crippen molar-refractivity contribution in [1.29, 1.82) is 0 Å². The van der Waals surface area contributed by atoms with Crippen LogP contribution in [0.1, 0.15) is 18.7 Å². The molecule has 3 amide bonds. The van der Waals surface area contributed by atoms with Crippen LogP contribution in [0.5, 0.6) is 0 Å². The van der Waals surface area contributed by atoms with E-state index in [0.717, 1.165) is 42.6 Å². The SMILES string of the molecule is Nc1nc(C(=NO)C(=O)N[C@@H]2C(=O)N3C(C(=O)O)=C(C(CCN4CCNCC4)=C4CCNC4=O)CS[C@H]23)ns1. The number of thioether (sulfide) groups is 1. The van der Waals surface area contributed by atoms with Gasteiger partial charge in [-0.3, -0.25) is 19.3 Å². The molecule has 17 heteroatoms. The van der Waals surface area contributed by atoms with Gasteiger partial charge in [0.05, 0.1) is 0 Å². The average Bonchev–Trinajstić information content (AvgIpc) is 3.55. The lowest BCUT2D eigenvalue weighted by Gasteiger charge is -2.49. The molecule has 7 N–H and O–H groups in total. The van der Waals surface area contributed by atoms with Gasteiger partial charge in [0.1, 0.15) is 17.1 Å². The van der Waals surface area contributed by atoms with E-state index in [2.05, 4.69) is 35.4 Å². The number of nitrogens with one attached hydrogen (secondary N) is 3. The molecule has 0 radical (unpaired) electrons. The Kier molecular flexibility index (Phi) is 7.83. The number of nitrogens with zero attached hydrogens (tertiary/aromatic N) is 5. The molecule has 0 unspecified atom stereocenters. The molecule has 2 atom stereocenters. The Morgan fingerprint density at radius 2 is 2.00 bits per heavy atom. The van der Waals surface area contributed by atoms with Gasteiger partial charge in [-0.2, -0.15) is 9.36 Å². The number of anilines is 1. The number of nitrogen functional groups attached to an aromatic ring is 1. The Balaban J connectivity index is 1.39. The largest absolute Gasteiger partial charge is 0.477 e. The number of carboxylic acid groups (broad SMARTS) is 1. The molecule has 5 heterocycles. The summed E-state index contributed by atoms with van der Waals surface area (Å²) in [6.45, 7) is 4.55. The summed E-state index contributed by atoms with van der Waals surface area (Å²) in [5, 5.41) is 30.4. The van der Waals surface area contributed by atoms with Crippen LogP contribution < -0.4 is 21.7 Å². The Morgan fingerprint density at radius 3 is 2.62 bits per heavy atom. The Bertz CT molecular complexity index is 1300. The quantitative estimate of drug-likeness (QED) is 0.0660. The van der Waals surface area contributed by atoms with Gasteiger partial charge in [-0.15, -0.1) is 11.8 Å². The second kappa shape index (κ2) is 11.3. The molecule has 0 aliphatic carbocycles. The van der Waals surface area contributed by atoms with Crippen LogP contribution in [0.2, 0.25) is 0 Å². The highest BCUT2D eigenvalue weighted by Crippen LogP contribution is 2.43. The summed E-state index contributed by atoms with van der Waals surface area (Å²) in [6.07, 6.45) is 0.952. The maximum absolute atomic E-state index is 13.2. The monoisotopic (exact) mass is 577 g/mol. The van der Waals surface area contributed by atoms with Crippen LogP contribution in [0, 0.1) is 0 Å². The van der Waals surface area contributed by atoms with Crippen molar-refractivity contribution in [3.8, 4) is 0 Å². The average molecular weight is 578 g/mol. The van der Waals surface area contributed by atoms with E-state index in [1.54, 1.807) is 0 Å². The van der Waals surface area contributed by atoms with E-state index in [0.29, 0.717) is 42.7 Å². The number of carbonyl (C=O) groups excluding carboxylic acids is 3. The molecule has 0 saturated carbocycles. The third kappa shape index (κ3) is 5.21. The predicted octanol–water partition coefficient (Wildman–Crippen LogP) is -1.85. The summed E-state index contributed by atoms with van der Waals surface area (Å²) in [5.41, 5.74) is 6.50. The zero-order chi connectivity index (χ0) is 27.7. The molecule has 0 bridgehead atoms. The van der Waals surface area contributed by atoms with Gasteiger partial charge in [0.25, 0.3) is 11.8 Å². The first kappa shape index (κ1) is 27.0. The van der Waals surface area contributed by atoms with Crippen molar-refractivity contribution in [2.75, 3.05) is 50.8 Å². The second-order valence-electron chi connectivity index (χ2n) is 9.20. The zero-order valence-corrected chi connectivity index (χ0v) is 22.3. The number of piperazine rings is 1. The van der Waals surface area contributed by atoms with E-state index in [-0.39, 0.29) is 28.3 Å². The molecule has 4 aliphatic rings. The van der Waals surface area contributed by atoms with Crippen LogP contribution in [0.25, 0.3) is 0 Å². The van der Waals surface area contributed by atoms with E-state index in [4.69, 9.17) is 5.73 Å². The first-order chi connectivity index (χ1) is 18.8. The summed E-state index contributed by atoms with van der Waals surface area (Å²) in [6, 6.07) is -1.06. The van der Waals surface area contributed by atoms with Crippen molar-refractivity contribution < 1.29 is 29.5 Å². The minimum absolute atomic E-state index is 0.0641. The number of carboxylic acids is 1. The van der Waals surface area contributed by atoms with Gasteiger partial charge in [0.2, 0.25) is 17.4 Å². The van der Waals surface area contributed by atoms with E-state index < -0.39 is 34.9 Å². The first-order valence-corrected chi connectivity index (χ1v) is 14.1. The second-order valence-corrected chi connectivity index (χ2v) is 11.1. The molecule has 0 spiro atoms. The molecular weight excluding hydrogens is 550 g/mol. The maximum Gasteiger partial charge on any atom is 0.352 e. The van der Waals surface area contributed by atoms with E-state index in [1.165, 1.54) is 11.8 Å². The van der Waals surface area contributed by atoms with E-state index in [1.807, 2.05) is 0 Å². The number of oxime groups is 1. The van der Waals surface area contributed by atoms with Gasteiger partial charge in [-0.25, -0.2) is 4.79 Å². The molecule has 0 aromatic carbocycles. The van der Waals surface area contributed by atoms with Crippen molar-refractivity contribution >= 4 is 57.8 Å². The van der Waals surface area contributed by atoms with Gasteiger partial charge < -0.3 is 36.9 Å². The number of fused-ring (bicyclic) bond motifs is 1. The molecule has 4 aliphatic heterocycles. The standard InChI is InChI=1S/C22H27N9O6S2/c23-22-27-16(29-39-22)13(28-37)18(33)26-14-19(34)31-15(21(35)36)12(9-38-20(14)31)10(11-1-3-25-17(11)32)2-6-30-7-4-24-5-8-30/h14,20,24,37H,1-9H2,(H,25,32)(H,26,33)(H,35,36)(H2,23,27,29)/t14-,20-/m1/s1.